The predicted octanol–water partition coefficient (Wildman–Crippen LogP) is 3.47. The summed E-state index contributed by atoms with van der Waals surface area (Å²) in [6.07, 6.45) is 6.40. The first kappa shape index (κ1) is 16.2. The second-order valence-electron chi connectivity index (χ2n) is 7.66. The number of anilines is 2. The molecule has 0 spiro atoms. The average Bonchev–Trinajstić information content (AvgIpc) is 2.87. The van der Waals surface area contributed by atoms with Gasteiger partial charge in [-0.15, -0.1) is 0 Å². The number of aromatic hydroxyl groups is 2. The van der Waals surface area contributed by atoms with E-state index in [-0.39, 0.29) is 22.8 Å². The van der Waals surface area contributed by atoms with Crippen molar-refractivity contribution < 1.29 is 15.0 Å². The number of hydrogen-bond acceptors (Lipinski definition) is 5. The van der Waals surface area contributed by atoms with E-state index in [1.54, 1.807) is 11.9 Å². The van der Waals surface area contributed by atoms with E-state index in [9.17, 15) is 15.0 Å². The zero-order valence-electron chi connectivity index (χ0n) is 15.3. The zero-order valence-corrected chi connectivity index (χ0v) is 15.3. The molecule has 2 N–H and O–H groups in total. The third kappa shape index (κ3) is 2.41. The number of Topliss-reactive ketones (excluding diaryl/α,β-unsaturated/α-hetero) is 1. The van der Waals surface area contributed by atoms with Gasteiger partial charge in [-0.05, 0) is 60.6 Å². The lowest BCUT2D eigenvalue weighted by atomic mass is 9.90. The van der Waals surface area contributed by atoms with Gasteiger partial charge in [0.25, 0.3) is 0 Å². The van der Waals surface area contributed by atoms with Crippen LogP contribution in [0.4, 0.5) is 11.4 Å². The van der Waals surface area contributed by atoms with Crippen LogP contribution >= 0.6 is 0 Å². The third-order valence-electron chi connectivity index (χ3n) is 5.92. The van der Waals surface area contributed by atoms with E-state index in [1.165, 1.54) is 41.8 Å². The Labute approximate surface area is 158 Å². The van der Waals surface area contributed by atoms with Crippen LogP contribution in [0.25, 0.3) is 6.08 Å². The highest BCUT2D eigenvalue weighted by atomic mass is 16.3. The average molecular weight is 362 g/mol. The Balaban J connectivity index is 1.60. The summed E-state index contributed by atoms with van der Waals surface area (Å²) >= 11 is 0. The Hall–Kier alpha value is -2.95. The monoisotopic (exact) mass is 362 g/mol. The molecule has 5 heteroatoms. The molecule has 0 radical (unpaired) electrons. The fourth-order valence-corrected chi connectivity index (χ4v) is 4.74. The number of carbonyl (C=O) groups excluding carboxylic acids is 1. The lowest BCUT2D eigenvalue weighted by Gasteiger charge is -2.37. The number of hydrogen-bond donors (Lipinski definition) is 2. The van der Waals surface area contributed by atoms with Gasteiger partial charge in [0.1, 0.15) is 11.5 Å². The van der Waals surface area contributed by atoms with Crippen LogP contribution in [0, 0.1) is 0 Å². The van der Waals surface area contributed by atoms with E-state index in [1.807, 2.05) is 6.08 Å². The molecular formula is C22H22N2O3. The standard InChI is InChI=1S/C22H22N2O3/c1-23-17-11-16(25)12-19(26)20(17)22(27)18(23)10-13-8-14-4-2-6-24-7-3-5-15(9-13)21(14)24/h8-12,25-26H,2-7H2,1H3. The van der Waals surface area contributed by atoms with Crippen LogP contribution in [0.5, 0.6) is 11.5 Å². The quantitative estimate of drug-likeness (QED) is 0.761. The van der Waals surface area contributed by atoms with Crippen molar-refractivity contribution in [1.82, 2.24) is 0 Å². The molecule has 0 atom stereocenters. The molecule has 3 heterocycles. The first-order valence-corrected chi connectivity index (χ1v) is 9.50. The van der Waals surface area contributed by atoms with E-state index >= 15 is 0 Å². The van der Waals surface area contributed by atoms with Gasteiger partial charge >= 0.3 is 0 Å². The summed E-state index contributed by atoms with van der Waals surface area (Å²) < 4.78 is 0. The third-order valence-corrected chi connectivity index (χ3v) is 5.92. The maximum absolute atomic E-state index is 12.9. The van der Waals surface area contributed by atoms with E-state index in [0.29, 0.717) is 11.4 Å². The van der Waals surface area contributed by atoms with Gasteiger partial charge < -0.3 is 20.0 Å². The van der Waals surface area contributed by atoms with Crippen molar-refractivity contribution >= 4 is 23.2 Å². The number of aryl methyl sites for hydroxylation is 2. The van der Waals surface area contributed by atoms with Crippen molar-refractivity contribution in [2.24, 2.45) is 0 Å². The van der Waals surface area contributed by atoms with Crippen LogP contribution in [0.1, 0.15) is 39.9 Å². The van der Waals surface area contributed by atoms with Gasteiger partial charge in [-0.2, -0.15) is 0 Å². The molecule has 0 saturated heterocycles. The van der Waals surface area contributed by atoms with Crippen molar-refractivity contribution in [2.75, 3.05) is 29.9 Å². The van der Waals surface area contributed by atoms with Gasteiger partial charge in [0.05, 0.1) is 16.9 Å². The summed E-state index contributed by atoms with van der Waals surface area (Å²) in [6, 6.07) is 7.13. The summed E-state index contributed by atoms with van der Waals surface area (Å²) in [6.45, 7) is 2.28. The summed E-state index contributed by atoms with van der Waals surface area (Å²) in [5.41, 5.74) is 6.49. The number of carbonyl (C=O) groups is 1. The number of benzene rings is 2. The molecule has 5 rings (SSSR count). The van der Waals surface area contributed by atoms with Crippen LogP contribution in [0.3, 0.4) is 0 Å². The van der Waals surface area contributed by atoms with Crippen molar-refractivity contribution in [1.29, 1.82) is 0 Å². The zero-order chi connectivity index (χ0) is 18.7. The minimum atomic E-state index is -0.210. The number of allylic oxidation sites excluding steroid dienone is 1. The summed E-state index contributed by atoms with van der Waals surface area (Å²) in [5, 5.41) is 19.9. The van der Waals surface area contributed by atoms with Crippen LogP contribution in [0.15, 0.2) is 30.0 Å². The molecule has 3 aliphatic rings. The highest BCUT2D eigenvalue weighted by molar-refractivity contribution is 6.22. The minimum absolute atomic E-state index is 0.0505. The number of phenolic OH excluding ortho intramolecular Hbond substituents is 2. The van der Waals surface area contributed by atoms with Crippen LogP contribution < -0.4 is 9.80 Å². The van der Waals surface area contributed by atoms with Gasteiger partial charge in [0.2, 0.25) is 5.78 Å². The van der Waals surface area contributed by atoms with E-state index in [0.717, 1.165) is 31.5 Å². The van der Waals surface area contributed by atoms with Gasteiger partial charge in [-0.3, -0.25) is 4.79 Å². The lowest BCUT2D eigenvalue weighted by molar-refractivity contribution is 0.103. The largest absolute Gasteiger partial charge is 0.508 e. The second kappa shape index (κ2) is 5.78. The first-order chi connectivity index (χ1) is 13.0. The Morgan fingerprint density at radius 2 is 1.67 bits per heavy atom. The molecule has 2 aromatic rings. The minimum Gasteiger partial charge on any atom is -0.508 e. The highest BCUT2D eigenvalue weighted by Crippen LogP contribution is 2.42. The Morgan fingerprint density at radius 1 is 1.00 bits per heavy atom. The molecule has 0 aliphatic carbocycles. The Kier molecular flexibility index (Phi) is 3.47. The number of phenols is 2. The number of rotatable bonds is 1. The molecule has 0 unspecified atom stereocenters. The number of fused-ring (bicyclic) bond motifs is 1. The Bertz CT molecular complexity index is 978. The molecular weight excluding hydrogens is 340 g/mol. The fraction of sp³-hybridized carbons (Fsp3) is 0.318. The molecule has 0 aromatic heterocycles. The topological polar surface area (TPSA) is 64.0 Å². The van der Waals surface area contributed by atoms with Crippen molar-refractivity contribution in [3.8, 4) is 11.5 Å². The summed E-state index contributed by atoms with van der Waals surface area (Å²) in [4.78, 5) is 17.1. The first-order valence-electron chi connectivity index (χ1n) is 9.50. The maximum atomic E-state index is 12.9. The van der Waals surface area contributed by atoms with Crippen molar-refractivity contribution in [3.05, 3.63) is 52.2 Å². The summed E-state index contributed by atoms with van der Waals surface area (Å²) in [5.74, 6) is -0.440. The predicted molar refractivity (Wildman–Crippen MR) is 106 cm³/mol. The fourth-order valence-electron chi connectivity index (χ4n) is 4.74. The van der Waals surface area contributed by atoms with Crippen LogP contribution in [-0.4, -0.2) is 36.1 Å². The molecule has 0 fully saturated rings. The molecule has 0 amide bonds. The van der Waals surface area contributed by atoms with Crippen LogP contribution in [0.2, 0.25) is 0 Å². The normalized spacial score (nSPS) is 19.4. The maximum Gasteiger partial charge on any atom is 0.215 e. The van der Waals surface area contributed by atoms with Gasteiger partial charge in [0.15, 0.2) is 0 Å². The summed E-state index contributed by atoms with van der Waals surface area (Å²) in [7, 11) is 1.79. The Morgan fingerprint density at radius 3 is 2.33 bits per heavy atom. The number of nitrogens with zero attached hydrogens (tertiary/aromatic N) is 2. The number of ketones is 1. The molecule has 0 saturated carbocycles. The van der Waals surface area contributed by atoms with E-state index in [2.05, 4.69) is 17.0 Å². The molecule has 2 aromatic carbocycles. The van der Waals surface area contributed by atoms with Gasteiger partial charge in [-0.25, -0.2) is 0 Å². The molecule has 5 nitrogen and oxygen atoms in total. The molecule has 138 valence electrons. The van der Waals surface area contributed by atoms with E-state index in [4.69, 9.17) is 0 Å². The molecule has 0 bridgehead atoms. The lowest BCUT2D eigenvalue weighted by Crippen LogP contribution is -2.34. The molecule has 3 aliphatic heterocycles. The number of likely N-dealkylation sites (N-methyl/N-ethyl adjacent to an activating group) is 1. The van der Waals surface area contributed by atoms with E-state index < -0.39 is 0 Å². The van der Waals surface area contributed by atoms with Crippen molar-refractivity contribution in [2.45, 2.75) is 25.7 Å². The van der Waals surface area contributed by atoms with Gasteiger partial charge in [-0.1, -0.05) is 0 Å². The molecule has 27 heavy (non-hydrogen) atoms. The van der Waals surface area contributed by atoms with Crippen molar-refractivity contribution in [3.63, 3.8) is 0 Å². The smallest absolute Gasteiger partial charge is 0.215 e. The second-order valence-corrected chi connectivity index (χ2v) is 7.66. The SMILES string of the molecule is CN1C(=Cc2cc3c4c(c2)CCCN4CCC3)C(=O)c2c(O)cc(O)cc21. The highest BCUT2D eigenvalue weighted by Gasteiger charge is 2.33. The van der Waals surface area contributed by atoms with Crippen LogP contribution in [-0.2, 0) is 12.8 Å². The van der Waals surface area contributed by atoms with Gasteiger partial charge in [0, 0.05) is 38.0 Å².